The van der Waals surface area contributed by atoms with Gasteiger partial charge in [0.15, 0.2) is 6.61 Å². The van der Waals surface area contributed by atoms with Crippen molar-refractivity contribution in [1.29, 1.82) is 0 Å². The zero-order valence-corrected chi connectivity index (χ0v) is 11.3. The topological polar surface area (TPSA) is 77.2 Å². The highest BCUT2D eigenvalue weighted by atomic mass is 16.5. The lowest BCUT2D eigenvalue weighted by atomic mass is 10.2. The van der Waals surface area contributed by atoms with Gasteiger partial charge >= 0.3 is 0 Å². The predicted octanol–water partition coefficient (Wildman–Crippen LogP) is 1.87. The van der Waals surface area contributed by atoms with Gasteiger partial charge in [-0.15, -0.1) is 0 Å². The number of ether oxygens (including phenoxy) is 1. The summed E-state index contributed by atoms with van der Waals surface area (Å²) in [7, 11) is 0. The van der Waals surface area contributed by atoms with E-state index in [9.17, 15) is 4.79 Å². The van der Waals surface area contributed by atoms with Gasteiger partial charge in [-0.3, -0.25) is 4.79 Å². The van der Waals surface area contributed by atoms with Crippen LogP contribution in [0.25, 0.3) is 0 Å². The van der Waals surface area contributed by atoms with E-state index in [2.05, 4.69) is 10.3 Å². The minimum atomic E-state index is -0.251. The minimum Gasteiger partial charge on any atom is -0.483 e. The predicted molar refractivity (Wildman–Crippen MR) is 77.4 cm³/mol. The number of hydrogen-bond acceptors (Lipinski definition) is 4. The second kappa shape index (κ2) is 6.68. The summed E-state index contributed by atoms with van der Waals surface area (Å²) < 4.78 is 5.48. The van der Waals surface area contributed by atoms with Crippen molar-refractivity contribution in [2.24, 2.45) is 5.73 Å². The monoisotopic (exact) mass is 271 g/mol. The number of rotatable bonds is 5. The maximum atomic E-state index is 11.8. The van der Waals surface area contributed by atoms with Crippen LogP contribution in [0.2, 0.25) is 0 Å². The molecule has 1 aromatic heterocycles. The molecule has 0 spiro atoms. The highest BCUT2D eigenvalue weighted by Crippen LogP contribution is 2.17. The van der Waals surface area contributed by atoms with Gasteiger partial charge in [-0.2, -0.15) is 0 Å². The number of anilines is 1. The van der Waals surface area contributed by atoms with Crippen molar-refractivity contribution in [3.05, 3.63) is 53.7 Å². The molecule has 0 aliphatic carbocycles. The number of carbonyl (C=O) groups excluding carboxylic acids is 1. The molecular formula is C15H17N3O2. The van der Waals surface area contributed by atoms with E-state index in [4.69, 9.17) is 10.5 Å². The SMILES string of the molecule is Cc1cccnc1NC(=O)COc1ccccc1CN. The number of carbonyl (C=O) groups is 1. The van der Waals surface area contributed by atoms with E-state index in [1.165, 1.54) is 0 Å². The van der Waals surface area contributed by atoms with Gasteiger partial charge in [-0.25, -0.2) is 4.98 Å². The highest BCUT2D eigenvalue weighted by Gasteiger charge is 2.08. The van der Waals surface area contributed by atoms with Crippen LogP contribution in [-0.2, 0) is 11.3 Å². The molecule has 2 aromatic rings. The summed E-state index contributed by atoms with van der Waals surface area (Å²) in [5, 5.41) is 2.71. The normalized spacial score (nSPS) is 10.1. The Hall–Kier alpha value is -2.40. The molecule has 5 nitrogen and oxygen atoms in total. The lowest BCUT2D eigenvalue weighted by Crippen LogP contribution is -2.21. The van der Waals surface area contributed by atoms with Crippen LogP contribution < -0.4 is 15.8 Å². The van der Waals surface area contributed by atoms with Crippen LogP contribution in [-0.4, -0.2) is 17.5 Å². The molecule has 0 atom stereocenters. The zero-order valence-electron chi connectivity index (χ0n) is 11.3. The van der Waals surface area contributed by atoms with Crippen LogP contribution >= 0.6 is 0 Å². The third-order valence-electron chi connectivity index (χ3n) is 2.82. The van der Waals surface area contributed by atoms with Crippen LogP contribution in [0.5, 0.6) is 5.75 Å². The summed E-state index contributed by atoms with van der Waals surface area (Å²) in [6.45, 7) is 2.18. The molecule has 0 unspecified atom stereocenters. The average molecular weight is 271 g/mol. The van der Waals surface area contributed by atoms with Crippen molar-refractivity contribution in [2.75, 3.05) is 11.9 Å². The Kier molecular flexibility index (Phi) is 4.68. The third-order valence-corrected chi connectivity index (χ3v) is 2.82. The quantitative estimate of drug-likeness (QED) is 0.870. The minimum absolute atomic E-state index is 0.0764. The van der Waals surface area contributed by atoms with E-state index in [0.717, 1.165) is 11.1 Å². The lowest BCUT2D eigenvalue weighted by Gasteiger charge is -2.10. The highest BCUT2D eigenvalue weighted by molar-refractivity contribution is 5.91. The molecule has 0 saturated heterocycles. The van der Waals surface area contributed by atoms with E-state index in [-0.39, 0.29) is 12.5 Å². The Labute approximate surface area is 117 Å². The molecule has 0 aliphatic heterocycles. The van der Waals surface area contributed by atoms with E-state index in [1.807, 2.05) is 37.3 Å². The fourth-order valence-electron chi connectivity index (χ4n) is 1.74. The Morgan fingerprint density at radius 3 is 2.85 bits per heavy atom. The second-order valence-corrected chi connectivity index (χ2v) is 4.32. The largest absolute Gasteiger partial charge is 0.483 e. The molecule has 1 aromatic carbocycles. The van der Waals surface area contributed by atoms with Crippen molar-refractivity contribution < 1.29 is 9.53 Å². The van der Waals surface area contributed by atoms with Gasteiger partial charge in [0.05, 0.1) is 0 Å². The second-order valence-electron chi connectivity index (χ2n) is 4.32. The number of benzene rings is 1. The lowest BCUT2D eigenvalue weighted by molar-refractivity contribution is -0.118. The van der Waals surface area contributed by atoms with E-state index >= 15 is 0 Å². The standard InChI is InChI=1S/C15H17N3O2/c1-11-5-4-8-17-15(11)18-14(19)10-20-13-7-3-2-6-12(13)9-16/h2-8H,9-10,16H2,1H3,(H,17,18,19). The van der Waals surface area contributed by atoms with Crippen molar-refractivity contribution in [3.63, 3.8) is 0 Å². The summed E-state index contributed by atoms with van der Waals surface area (Å²) in [5.41, 5.74) is 7.39. The van der Waals surface area contributed by atoms with Crippen LogP contribution in [0.1, 0.15) is 11.1 Å². The third kappa shape index (κ3) is 3.55. The number of aryl methyl sites for hydroxylation is 1. The first kappa shape index (κ1) is 14.0. The average Bonchev–Trinajstić information content (AvgIpc) is 2.48. The Morgan fingerprint density at radius 2 is 2.10 bits per heavy atom. The van der Waals surface area contributed by atoms with E-state index in [1.54, 1.807) is 12.3 Å². The van der Waals surface area contributed by atoms with Gasteiger partial charge < -0.3 is 15.8 Å². The summed E-state index contributed by atoms with van der Waals surface area (Å²) in [5.74, 6) is 0.926. The van der Waals surface area contributed by atoms with Crippen molar-refractivity contribution in [2.45, 2.75) is 13.5 Å². The first-order valence-electron chi connectivity index (χ1n) is 6.33. The molecule has 1 heterocycles. The number of nitrogens with one attached hydrogen (secondary N) is 1. The van der Waals surface area contributed by atoms with Crippen LogP contribution in [0.4, 0.5) is 5.82 Å². The zero-order chi connectivity index (χ0) is 14.4. The van der Waals surface area contributed by atoms with Crippen LogP contribution in [0.3, 0.4) is 0 Å². The molecule has 1 amide bonds. The number of nitrogens with two attached hydrogens (primary N) is 1. The van der Waals surface area contributed by atoms with Gasteiger partial charge in [0, 0.05) is 18.3 Å². The van der Waals surface area contributed by atoms with Crippen LogP contribution in [0.15, 0.2) is 42.6 Å². The smallest absolute Gasteiger partial charge is 0.263 e. The van der Waals surface area contributed by atoms with Crippen LogP contribution in [0, 0.1) is 6.92 Å². The molecule has 5 heteroatoms. The number of aromatic nitrogens is 1. The van der Waals surface area contributed by atoms with Crippen molar-refractivity contribution >= 4 is 11.7 Å². The summed E-state index contributed by atoms with van der Waals surface area (Å²) >= 11 is 0. The number of hydrogen-bond donors (Lipinski definition) is 2. The first-order valence-corrected chi connectivity index (χ1v) is 6.33. The number of nitrogens with zero attached hydrogens (tertiary/aromatic N) is 1. The van der Waals surface area contributed by atoms with Gasteiger partial charge in [0.2, 0.25) is 0 Å². The first-order chi connectivity index (χ1) is 9.70. The van der Waals surface area contributed by atoms with Gasteiger partial charge in [-0.05, 0) is 24.6 Å². The maximum Gasteiger partial charge on any atom is 0.263 e. The summed E-state index contributed by atoms with van der Waals surface area (Å²) in [4.78, 5) is 15.9. The molecule has 0 aliphatic rings. The number of para-hydroxylation sites is 1. The molecule has 0 fully saturated rings. The Morgan fingerprint density at radius 1 is 1.30 bits per heavy atom. The van der Waals surface area contributed by atoms with E-state index in [0.29, 0.717) is 18.1 Å². The molecular weight excluding hydrogens is 254 g/mol. The fraction of sp³-hybridized carbons (Fsp3) is 0.200. The van der Waals surface area contributed by atoms with Gasteiger partial charge in [-0.1, -0.05) is 24.3 Å². The van der Waals surface area contributed by atoms with Gasteiger partial charge in [0.25, 0.3) is 5.91 Å². The van der Waals surface area contributed by atoms with Crippen molar-refractivity contribution in [1.82, 2.24) is 4.98 Å². The molecule has 0 saturated carbocycles. The number of pyridine rings is 1. The summed E-state index contributed by atoms with van der Waals surface area (Å²) in [6, 6.07) is 11.1. The molecule has 104 valence electrons. The maximum absolute atomic E-state index is 11.8. The fourth-order valence-corrected chi connectivity index (χ4v) is 1.74. The Balaban J connectivity index is 1.94. The number of amides is 1. The summed E-state index contributed by atoms with van der Waals surface area (Å²) in [6.07, 6.45) is 1.63. The molecule has 20 heavy (non-hydrogen) atoms. The molecule has 0 bridgehead atoms. The molecule has 3 N–H and O–H groups in total. The van der Waals surface area contributed by atoms with Gasteiger partial charge in [0.1, 0.15) is 11.6 Å². The van der Waals surface area contributed by atoms with Crippen molar-refractivity contribution in [3.8, 4) is 5.75 Å². The molecule has 2 rings (SSSR count). The Bertz CT molecular complexity index is 599. The molecule has 0 radical (unpaired) electrons. The van der Waals surface area contributed by atoms with E-state index < -0.39 is 0 Å².